The molecule has 3 aromatic rings. The van der Waals surface area contributed by atoms with Gasteiger partial charge in [0.05, 0.1) is 12.2 Å². The van der Waals surface area contributed by atoms with Crippen molar-refractivity contribution in [3.63, 3.8) is 0 Å². The molecular formula is C21H18F3N3O2. The van der Waals surface area contributed by atoms with Gasteiger partial charge in [0.1, 0.15) is 12.1 Å². The van der Waals surface area contributed by atoms with Crippen LogP contribution in [-0.2, 0) is 24.1 Å². The first-order valence-electron chi connectivity index (χ1n) is 8.77. The van der Waals surface area contributed by atoms with E-state index < -0.39 is 29.8 Å². The van der Waals surface area contributed by atoms with Gasteiger partial charge >= 0.3 is 6.18 Å². The van der Waals surface area contributed by atoms with E-state index in [9.17, 15) is 22.8 Å². The van der Waals surface area contributed by atoms with Gasteiger partial charge in [-0.2, -0.15) is 13.2 Å². The van der Waals surface area contributed by atoms with Crippen LogP contribution in [0.15, 0.2) is 83.8 Å². The van der Waals surface area contributed by atoms with E-state index in [1.807, 2.05) is 36.4 Å². The number of pyridine rings is 1. The van der Waals surface area contributed by atoms with Gasteiger partial charge in [0.25, 0.3) is 11.5 Å². The number of anilines is 1. The molecule has 150 valence electrons. The van der Waals surface area contributed by atoms with Crippen molar-refractivity contribution in [2.45, 2.75) is 19.3 Å². The van der Waals surface area contributed by atoms with Crippen molar-refractivity contribution in [1.29, 1.82) is 0 Å². The predicted octanol–water partition coefficient (Wildman–Crippen LogP) is 3.61. The fourth-order valence-electron chi connectivity index (χ4n) is 2.79. The van der Waals surface area contributed by atoms with Crippen molar-refractivity contribution in [1.82, 2.24) is 9.99 Å². The summed E-state index contributed by atoms with van der Waals surface area (Å²) in [5.74, 6) is -0.619. The highest BCUT2D eigenvalue weighted by Crippen LogP contribution is 2.26. The van der Waals surface area contributed by atoms with Gasteiger partial charge in [-0.15, -0.1) is 0 Å². The molecule has 0 unspecified atom stereocenters. The van der Waals surface area contributed by atoms with Crippen LogP contribution in [0.4, 0.5) is 18.9 Å². The van der Waals surface area contributed by atoms with Crippen LogP contribution in [0.1, 0.15) is 11.1 Å². The highest BCUT2D eigenvalue weighted by atomic mass is 19.4. The Labute approximate surface area is 165 Å². The lowest BCUT2D eigenvalue weighted by atomic mass is 10.2. The first-order chi connectivity index (χ1) is 13.8. The van der Waals surface area contributed by atoms with Crippen molar-refractivity contribution in [3.8, 4) is 0 Å². The quantitative estimate of drug-likeness (QED) is 0.642. The van der Waals surface area contributed by atoms with Gasteiger partial charge in [0.2, 0.25) is 0 Å². The lowest BCUT2D eigenvalue weighted by Crippen LogP contribution is -2.44. The van der Waals surface area contributed by atoms with Crippen molar-refractivity contribution < 1.29 is 18.0 Å². The number of halogens is 3. The molecule has 0 saturated heterocycles. The minimum absolute atomic E-state index is 0.341. The van der Waals surface area contributed by atoms with E-state index in [-0.39, 0.29) is 0 Å². The lowest BCUT2D eigenvalue weighted by Gasteiger charge is -2.26. The fraction of sp³-hybridized carbons (Fsp3) is 0.143. The Kier molecular flexibility index (Phi) is 6.01. The van der Waals surface area contributed by atoms with E-state index in [1.165, 1.54) is 0 Å². The van der Waals surface area contributed by atoms with Crippen molar-refractivity contribution in [2.75, 3.05) is 5.01 Å². The summed E-state index contributed by atoms with van der Waals surface area (Å²) >= 11 is 0. The highest BCUT2D eigenvalue weighted by molar-refractivity contribution is 5.77. The molecule has 8 heteroatoms. The molecule has 5 nitrogen and oxygen atoms in total. The zero-order chi connectivity index (χ0) is 20.9. The number of hydrogen-bond donors (Lipinski definition) is 1. The van der Waals surface area contributed by atoms with Crippen LogP contribution in [0.5, 0.6) is 0 Å². The zero-order valence-corrected chi connectivity index (χ0v) is 15.3. The number of hydrazine groups is 1. The topological polar surface area (TPSA) is 54.3 Å². The Morgan fingerprint density at radius 1 is 0.931 bits per heavy atom. The summed E-state index contributed by atoms with van der Waals surface area (Å²) < 4.78 is 39.5. The molecule has 0 aliphatic rings. The molecule has 0 fully saturated rings. The normalized spacial score (nSPS) is 11.1. The van der Waals surface area contributed by atoms with E-state index in [0.717, 1.165) is 22.4 Å². The number of carbonyl (C=O) groups is 1. The Morgan fingerprint density at radius 3 is 2.17 bits per heavy atom. The van der Waals surface area contributed by atoms with Gasteiger partial charge in [-0.05, 0) is 29.8 Å². The van der Waals surface area contributed by atoms with Crippen LogP contribution in [0.25, 0.3) is 0 Å². The number of amides is 1. The van der Waals surface area contributed by atoms with Gasteiger partial charge in [0.15, 0.2) is 0 Å². The smallest absolute Gasteiger partial charge is 0.306 e. The molecule has 1 heterocycles. The maximum absolute atomic E-state index is 12.9. The Balaban J connectivity index is 1.80. The van der Waals surface area contributed by atoms with E-state index in [2.05, 4.69) is 5.43 Å². The predicted molar refractivity (Wildman–Crippen MR) is 103 cm³/mol. The molecule has 1 amide bonds. The third-order valence-electron chi connectivity index (χ3n) is 4.15. The van der Waals surface area contributed by atoms with E-state index in [0.29, 0.717) is 18.3 Å². The summed E-state index contributed by atoms with van der Waals surface area (Å²) in [4.78, 5) is 24.6. The van der Waals surface area contributed by atoms with Crippen LogP contribution in [0, 0.1) is 0 Å². The largest absolute Gasteiger partial charge is 0.421 e. The van der Waals surface area contributed by atoms with E-state index in [4.69, 9.17) is 0 Å². The second-order valence-electron chi connectivity index (χ2n) is 6.29. The molecule has 0 aliphatic carbocycles. The molecule has 1 N–H and O–H groups in total. The first-order valence-corrected chi connectivity index (χ1v) is 8.77. The maximum atomic E-state index is 12.9. The number of hydrogen-bond acceptors (Lipinski definition) is 3. The van der Waals surface area contributed by atoms with Gasteiger partial charge in [-0.1, -0.05) is 48.5 Å². The second-order valence-corrected chi connectivity index (χ2v) is 6.29. The van der Waals surface area contributed by atoms with Crippen LogP contribution in [-0.4, -0.2) is 10.5 Å². The number of alkyl halides is 3. The lowest BCUT2D eigenvalue weighted by molar-refractivity contribution is -0.139. The highest BCUT2D eigenvalue weighted by Gasteiger charge is 2.34. The number of nitrogens with one attached hydrogen (secondary N) is 1. The second kappa shape index (κ2) is 8.64. The number of para-hydroxylation sites is 1. The summed E-state index contributed by atoms with van der Waals surface area (Å²) in [6.45, 7) is -0.199. The first kappa shape index (κ1) is 20.2. The monoisotopic (exact) mass is 401 g/mol. The molecule has 0 bridgehead atoms. The summed E-state index contributed by atoms with van der Waals surface area (Å²) in [6.07, 6.45) is -3.62. The van der Waals surface area contributed by atoms with Crippen LogP contribution < -0.4 is 16.0 Å². The van der Waals surface area contributed by atoms with Gasteiger partial charge in [0, 0.05) is 6.20 Å². The zero-order valence-electron chi connectivity index (χ0n) is 15.3. The van der Waals surface area contributed by atoms with Crippen LogP contribution in [0.3, 0.4) is 0 Å². The number of carbonyl (C=O) groups excluding carboxylic acids is 1. The third-order valence-corrected chi connectivity index (χ3v) is 4.15. The van der Waals surface area contributed by atoms with Crippen molar-refractivity contribution in [2.24, 2.45) is 0 Å². The third kappa shape index (κ3) is 5.25. The summed E-state index contributed by atoms with van der Waals surface area (Å²) in [7, 11) is 0. The van der Waals surface area contributed by atoms with Crippen molar-refractivity contribution in [3.05, 3.63) is 100 Å². The minimum atomic E-state index is -4.78. The molecular weight excluding hydrogens is 383 g/mol. The fourth-order valence-corrected chi connectivity index (χ4v) is 2.79. The number of aromatic nitrogens is 1. The van der Waals surface area contributed by atoms with Crippen molar-refractivity contribution >= 4 is 11.6 Å². The Morgan fingerprint density at radius 2 is 1.55 bits per heavy atom. The average molecular weight is 401 g/mol. The molecule has 0 atom stereocenters. The number of rotatable bonds is 6. The molecule has 0 spiro atoms. The SMILES string of the molecule is O=C(Cn1cccc(C(F)(F)F)c1=O)NN(Cc1ccccc1)c1ccccc1. The molecule has 0 radical (unpaired) electrons. The van der Waals surface area contributed by atoms with Gasteiger partial charge in [-0.25, -0.2) is 0 Å². The Hall–Kier alpha value is -3.55. The molecule has 3 rings (SSSR count). The number of benzene rings is 2. The Bertz CT molecular complexity index is 1020. The van der Waals surface area contributed by atoms with Gasteiger partial charge < -0.3 is 4.57 Å². The summed E-state index contributed by atoms with van der Waals surface area (Å²) in [6, 6.07) is 20.2. The van der Waals surface area contributed by atoms with Gasteiger partial charge in [-0.3, -0.25) is 20.0 Å². The van der Waals surface area contributed by atoms with Crippen LogP contribution >= 0.6 is 0 Å². The number of nitrogens with zero attached hydrogens (tertiary/aromatic N) is 2. The summed E-state index contributed by atoms with van der Waals surface area (Å²) in [5, 5.41) is 1.58. The van der Waals surface area contributed by atoms with E-state index >= 15 is 0 Å². The molecule has 29 heavy (non-hydrogen) atoms. The summed E-state index contributed by atoms with van der Waals surface area (Å²) in [5.41, 5.74) is 1.72. The minimum Gasteiger partial charge on any atom is -0.306 e. The molecule has 1 aromatic heterocycles. The maximum Gasteiger partial charge on any atom is 0.421 e. The van der Waals surface area contributed by atoms with E-state index in [1.54, 1.807) is 29.3 Å². The molecule has 0 aliphatic heterocycles. The van der Waals surface area contributed by atoms with Crippen LogP contribution in [0.2, 0.25) is 0 Å². The molecule has 0 saturated carbocycles. The average Bonchev–Trinajstić information content (AvgIpc) is 2.69. The standard InChI is InChI=1S/C21H18F3N3O2/c22-21(23,24)18-12-7-13-26(20(18)29)15-19(28)25-27(17-10-5-2-6-11-17)14-16-8-3-1-4-9-16/h1-13H,14-15H2,(H,25,28). The molecule has 2 aromatic carbocycles.